The van der Waals surface area contributed by atoms with E-state index in [1.54, 1.807) is 25.5 Å². The van der Waals surface area contributed by atoms with E-state index in [9.17, 15) is 4.39 Å². The number of aromatic nitrogens is 3. The summed E-state index contributed by atoms with van der Waals surface area (Å²) in [7, 11) is 1.79. The van der Waals surface area contributed by atoms with Crippen molar-refractivity contribution in [1.82, 2.24) is 15.0 Å². The molecule has 0 aliphatic rings. The SMILES string of the molecule is CNc1nc(-c2cccnc2)nc2ccc(-c3ccc(C#N)c(F)c3)cc12. The van der Waals surface area contributed by atoms with Crippen LogP contribution in [0.2, 0.25) is 0 Å². The number of fused-ring (bicyclic) bond motifs is 1. The van der Waals surface area contributed by atoms with Crippen molar-refractivity contribution in [3.8, 4) is 28.6 Å². The predicted octanol–water partition coefficient (Wildman–Crippen LogP) is 4.41. The van der Waals surface area contributed by atoms with Crippen molar-refractivity contribution in [2.45, 2.75) is 0 Å². The molecule has 4 rings (SSSR count). The molecule has 6 heteroatoms. The van der Waals surface area contributed by atoms with Crippen LogP contribution in [0.1, 0.15) is 5.56 Å². The second kappa shape index (κ2) is 6.81. The van der Waals surface area contributed by atoms with Gasteiger partial charge in [-0.05, 0) is 47.5 Å². The molecular formula is C21H14FN5. The first kappa shape index (κ1) is 16.6. The van der Waals surface area contributed by atoms with E-state index < -0.39 is 5.82 Å². The van der Waals surface area contributed by atoms with E-state index in [-0.39, 0.29) is 5.56 Å². The Labute approximate surface area is 155 Å². The first-order valence-electron chi connectivity index (χ1n) is 8.29. The summed E-state index contributed by atoms with van der Waals surface area (Å²) in [6.45, 7) is 0. The predicted molar refractivity (Wildman–Crippen MR) is 102 cm³/mol. The quantitative estimate of drug-likeness (QED) is 0.589. The average molecular weight is 355 g/mol. The number of nitriles is 1. The molecule has 5 nitrogen and oxygen atoms in total. The van der Waals surface area contributed by atoms with Gasteiger partial charge in [-0.2, -0.15) is 5.26 Å². The summed E-state index contributed by atoms with van der Waals surface area (Å²) in [5.41, 5.74) is 3.13. The summed E-state index contributed by atoms with van der Waals surface area (Å²) < 4.78 is 14.0. The molecule has 0 fully saturated rings. The molecule has 0 bridgehead atoms. The van der Waals surface area contributed by atoms with Gasteiger partial charge in [0.15, 0.2) is 5.82 Å². The second-order valence-electron chi connectivity index (χ2n) is 5.93. The van der Waals surface area contributed by atoms with E-state index in [1.165, 1.54) is 12.1 Å². The molecule has 1 N–H and O–H groups in total. The molecule has 27 heavy (non-hydrogen) atoms. The third-order valence-corrected chi connectivity index (χ3v) is 4.28. The van der Waals surface area contributed by atoms with Crippen molar-refractivity contribution in [3.63, 3.8) is 0 Å². The number of halogens is 1. The van der Waals surface area contributed by atoms with Gasteiger partial charge in [0.25, 0.3) is 0 Å². The molecule has 0 aliphatic heterocycles. The molecule has 0 amide bonds. The van der Waals surface area contributed by atoms with Crippen LogP contribution in [0.5, 0.6) is 0 Å². The highest BCUT2D eigenvalue weighted by molar-refractivity contribution is 5.93. The number of nitrogens with one attached hydrogen (secondary N) is 1. The number of hydrogen-bond acceptors (Lipinski definition) is 5. The Morgan fingerprint density at radius 3 is 2.52 bits per heavy atom. The minimum absolute atomic E-state index is 0.0277. The van der Waals surface area contributed by atoms with Crippen LogP contribution in [0.4, 0.5) is 10.2 Å². The van der Waals surface area contributed by atoms with Crippen LogP contribution in [-0.4, -0.2) is 22.0 Å². The molecule has 0 unspecified atom stereocenters. The molecule has 4 aromatic rings. The van der Waals surface area contributed by atoms with Crippen molar-refractivity contribution in [2.24, 2.45) is 0 Å². The largest absolute Gasteiger partial charge is 0.373 e. The summed E-state index contributed by atoms with van der Waals surface area (Å²) in [6, 6.07) is 15.8. The monoisotopic (exact) mass is 355 g/mol. The lowest BCUT2D eigenvalue weighted by Crippen LogP contribution is -1.99. The van der Waals surface area contributed by atoms with Crippen molar-refractivity contribution >= 4 is 16.7 Å². The molecule has 0 aliphatic carbocycles. The van der Waals surface area contributed by atoms with Crippen molar-refractivity contribution in [1.29, 1.82) is 5.26 Å². The Morgan fingerprint density at radius 2 is 1.81 bits per heavy atom. The number of benzene rings is 2. The van der Waals surface area contributed by atoms with Crippen molar-refractivity contribution in [3.05, 3.63) is 72.3 Å². The van der Waals surface area contributed by atoms with Crippen molar-refractivity contribution in [2.75, 3.05) is 12.4 Å². The highest BCUT2D eigenvalue weighted by Gasteiger charge is 2.11. The first-order valence-corrected chi connectivity index (χ1v) is 8.29. The number of nitrogens with zero attached hydrogens (tertiary/aromatic N) is 4. The van der Waals surface area contributed by atoms with Gasteiger partial charge in [-0.25, -0.2) is 14.4 Å². The van der Waals surface area contributed by atoms with Gasteiger partial charge in [0.1, 0.15) is 17.7 Å². The number of anilines is 1. The van der Waals surface area contributed by atoms with Crippen LogP contribution in [0.25, 0.3) is 33.4 Å². The van der Waals surface area contributed by atoms with Crippen molar-refractivity contribution < 1.29 is 4.39 Å². The normalized spacial score (nSPS) is 10.6. The first-order chi connectivity index (χ1) is 13.2. The summed E-state index contributed by atoms with van der Waals surface area (Å²) in [5, 5.41) is 12.8. The Balaban J connectivity index is 1.85. The fourth-order valence-corrected chi connectivity index (χ4v) is 2.91. The van der Waals surface area contributed by atoms with Crippen LogP contribution in [-0.2, 0) is 0 Å². The molecular weight excluding hydrogens is 341 g/mol. The van der Waals surface area contributed by atoms with Crippen LogP contribution in [0.15, 0.2) is 60.9 Å². The van der Waals surface area contributed by atoms with Gasteiger partial charge in [-0.3, -0.25) is 4.98 Å². The van der Waals surface area contributed by atoms with Crippen LogP contribution >= 0.6 is 0 Å². The number of pyridine rings is 1. The zero-order valence-corrected chi connectivity index (χ0v) is 14.4. The maximum absolute atomic E-state index is 14.0. The lowest BCUT2D eigenvalue weighted by atomic mass is 10.0. The fraction of sp³-hybridized carbons (Fsp3) is 0.0476. The van der Waals surface area contributed by atoms with E-state index in [0.29, 0.717) is 17.2 Å². The second-order valence-corrected chi connectivity index (χ2v) is 5.93. The maximum atomic E-state index is 14.0. The summed E-state index contributed by atoms with van der Waals surface area (Å²) in [5.74, 6) is 0.721. The maximum Gasteiger partial charge on any atom is 0.163 e. The zero-order chi connectivity index (χ0) is 18.8. The van der Waals surface area contributed by atoms with Gasteiger partial charge in [0.05, 0.1) is 11.1 Å². The number of hydrogen-bond donors (Lipinski definition) is 1. The molecule has 0 saturated carbocycles. The van der Waals surface area contributed by atoms with Gasteiger partial charge in [0.2, 0.25) is 0 Å². The van der Waals surface area contributed by atoms with E-state index in [4.69, 9.17) is 5.26 Å². The van der Waals surface area contributed by atoms with E-state index in [2.05, 4.69) is 20.3 Å². The molecule has 0 atom stereocenters. The Kier molecular flexibility index (Phi) is 4.19. The lowest BCUT2D eigenvalue weighted by molar-refractivity contribution is 0.624. The Bertz CT molecular complexity index is 1180. The molecule has 130 valence electrons. The average Bonchev–Trinajstić information content (AvgIpc) is 2.73. The summed E-state index contributed by atoms with van der Waals surface area (Å²) in [6.07, 6.45) is 3.42. The zero-order valence-electron chi connectivity index (χ0n) is 14.4. The van der Waals surface area contributed by atoms with Crippen LogP contribution < -0.4 is 5.32 Å². The number of rotatable bonds is 3. The third-order valence-electron chi connectivity index (χ3n) is 4.28. The van der Waals surface area contributed by atoms with Gasteiger partial charge in [-0.1, -0.05) is 12.1 Å². The Morgan fingerprint density at radius 1 is 1.00 bits per heavy atom. The summed E-state index contributed by atoms with van der Waals surface area (Å²) >= 11 is 0. The van der Waals surface area contributed by atoms with Gasteiger partial charge >= 0.3 is 0 Å². The highest BCUT2D eigenvalue weighted by atomic mass is 19.1. The lowest BCUT2D eigenvalue weighted by Gasteiger charge is -2.10. The molecule has 2 aromatic heterocycles. The van der Waals surface area contributed by atoms with Crippen LogP contribution in [0, 0.1) is 17.1 Å². The molecule has 0 radical (unpaired) electrons. The molecule has 2 heterocycles. The minimum Gasteiger partial charge on any atom is -0.373 e. The van der Waals surface area contributed by atoms with Gasteiger partial charge in [0, 0.05) is 30.4 Å². The minimum atomic E-state index is -0.535. The topological polar surface area (TPSA) is 74.5 Å². The standard InChI is InChI=1S/C21H14FN5/c1-24-21-17-9-13(14-4-5-15(11-23)18(22)10-14)6-7-19(17)26-20(27-21)16-3-2-8-25-12-16/h2-10,12H,1H3,(H,24,26,27). The molecule has 0 saturated heterocycles. The van der Waals surface area contributed by atoms with E-state index in [1.807, 2.05) is 36.4 Å². The Hall–Kier alpha value is -3.85. The molecule has 0 spiro atoms. The van der Waals surface area contributed by atoms with Crippen LogP contribution in [0.3, 0.4) is 0 Å². The smallest absolute Gasteiger partial charge is 0.163 e. The van der Waals surface area contributed by atoms with Gasteiger partial charge in [-0.15, -0.1) is 0 Å². The summed E-state index contributed by atoms with van der Waals surface area (Å²) in [4.78, 5) is 13.3. The highest BCUT2D eigenvalue weighted by Crippen LogP contribution is 2.30. The molecule has 2 aromatic carbocycles. The van der Waals surface area contributed by atoms with E-state index in [0.717, 1.165) is 22.0 Å². The fourth-order valence-electron chi connectivity index (χ4n) is 2.91. The van der Waals surface area contributed by atoms with E-state index >= 15 is 0 Å². The van der Waals surface area contributed by atoms with Gasteiger partial charge < -0.3 is 5.32 Å². The third kappa shape index (κ3) is 3.07.